The summed E-state index contributed by atoms with van der Waals surface area (Å²) < 4.78 is 2.17. The first kappa shape index (κ1) is 15.5. The lowest BCUT2D eigenvalue weighted by Crippen LogP contribution is -2.07. The predicted molar refractivity (Wildman–Crippen MR) is 84.8 cm³/mol. The highest BCUT2D eigenvalue weighted by Crippen LogP contribution is 2.26. The van der Waals surface area contributed by atoms with Gasteiger partial charge in [-0.2, -0.15) is 0 Å². The molecule has 0 aliphatic carbocycles. The van der Waals surface area contributed by atoms with Crippen molar-refractivity contribution in [2.24, 2.45) is 5.92 Å². The number of carbonyl (C=O) groups is 1. The van der Waals surface area contributed by atoms with Crippen LogP contribution in [0.25, 0.3) is 11.0 Å². The van der Waals surface area contributed by atoms with E-state index >= 15 is 0 Å². The van der Waals surface area contributed by atoms with Crippen LogP contribution in [0, 0.1) is 12.8 Å². The van der Waals surface area contributed by atoms with E-state index in [1.807, 2.05) is 13.0 Å². The van der Waals surface area contributed by atoms with Gasteiger partial charge >= 0.3 is 5.97 Å². The van der Waals surface area contributed by atoms with E-state index in [1.165, 1.54) is 12.8 Å². The van der Waals surface area contributed by atoms with Crippen LogP contribution >= 0.6 is 0 Å². The van der Waals surface area contributed by atoms with Crippen LogP contribution in [0.15, 0.2) is 18.2 Å². The van der Waals surface area contributed by atoms with Gasteiger partial charge in [-0.3, -0.25) is 0 Å². The largest absolute Gasteiger partial charge is 0.478 e. The molecule has 0 amide bonds. The number of aromatic nitrogens is 2. The van der Waals surface area contributed by atoms with Crippen molar-refractivity contribution >= 4 is 17.0 Å². The first-order chi connectivity index (χ1) is 9.91. The van der Waals surface area contributed by atoms with Gasteiger partial charge in [0.1, 0.15) is 11.3 Å². The number of nitrogens with zero attached hydrogens (tertiary/aromatic N) is 2. The average molecular weight is 288 g/mol. The monoisotopic (exact) mass is 288 g/mol. The van der Waals surface area contributed by atoms with Crippen molar-refractivity contribution in [3.63, 3.8) is 0 Å². The van der Waals surface area contributed by atoms with Crippen molar-refractivity contribution in [1.29, 1.82) is 0 Å². The van der Waals surface area contributed by atoms with Gasteiger partial charge in [-0.15, -0.1) is 0 Å². The molecule has 4 heteroatoms. The van der Waals surface area contributed by atoms with Crippen molar-refractivity contribution in [2.45, 2.75) is 53.0 Å². The fourth-order valence-electron chi connectivity index (χ4n) is 2.91. The number of fused-ring (bicyclic) bond motifs is 1. The Labute approximate surface area is 125 Å². The molecule has 1 aromatic carbocycles. The standard InChI is InChI=1S/C17H24N2O2/c1-11(2)7-5-8-12(3)19-13(4)18-16-14(17(20)21)9-6-10-15(16)19/h6,9-12H,5,7-8H2,1-4H3,(H,20,21). The van der Waals surface area contributed by atoms with Gasteiger partial charge in [0, 0.05) is 6.04 Å². The molecule has 0 spiro atoms. The van der Waals surface area contributed by atoms with E-state index in [1.54, 1.807) is 12.1 Å². The number of hydrogen-bond acceptors (Lipinski definition) is 2. The molecule has 2 aromatic rings. The Morgan fingerprint density at radius 1 is 1.29 bits per heavy atom. The van der Waals surface area contributed by atoms with Crippen molar-refractivity contribution in [3.8, 4) is 0 Å². The molecule has 1 atom stereocenters. The van der Waals surface area contributed by atoms with Gasteiger partial charge in [0.25, 0.3) is 0 Å². The van der Waals surface area contributed by atoms with Gasteiger partial charge in [0.05, 0.1) is 11.1 Å². The highest BCUT2D eigenvalue weighted by molar-refractivity contribution is 6.01. The predicted octanol–water partition coefficient (Wildman–Crippen LogP) is 4.43. The molecule has 1 aromatic heterocycles. The number of carboxylic acid groups (broad SMARTS) is 1. The van der Waals surface area contributed by atoms with Crippen molar-refractivity contribution in [2.75, 3.05) is 0 Å². The van der Waals surface area contributed by atoms with Crippen molar-refractivity contribution < 1.29 is 9.90 Å². The number of para-hydroxylation sites is 1. The maximum absolute atomic E-state index is 11.3. The van der Waals surface area contributed by atoms with Gasteiger partial charge in [0.2, 0.25) is 0 Å². The molecule has 21 heavy (non-hydrogen) atoms. The number of aryl methyl sites for hydroxylation is 1. The zero-order chi connectivity index (χ0) is 15.6. The van der Waals surface area contributed by atoms with Crippen LogP contribution in [0.4, 0.5) is 0 Å². The van der Waals surface area contributed by atoms with E-state index in [0.717, 1.165) is 23.7 Å². The zero-order valence-electron chi connectivity index (χ0n) is 13.3. The number of carboxylic acids is 1. The highest BCUT2D eigenvalue weighted by atomic mass is 16.4. The summed E-state index contributed by atoms with van der Waals surface area (Å²) in [6.45, 7) is 8.61. The summed E-state index contributed by atoms with van der Waals surface area (Å²) in [4.78, 5) is 15.8. The molecule has 0 fully saturated rings. The molecule has 0 aliphatic heterocycles. The number of benzene rings is 1. The lowest BCUT2D eigenvalue weighted by atomic mass is 10.0. The van der Waals surface area contributed by atoms with E-state index < -0.39 is 5.97 Å². The Bertz CT molecular complexity index is 644. The summed E-state index contributed by atoms with van der Waals surface area (Å²) in [6, 6.07) is 5.70. The topological polar surface area (TPSA) is 55.1 Å². The van der Waals surface area contributed by atoms with E-state index in [9.17, 15) is 9.90 Å². The molecule has 1 unspecified atom stereocenters. The number of rotatable bonds is 6. The summed E-state index contributed by atoms with van der Waals surface area (Å²) in [5.74, 6) is 0.685. The fraction of sp³-hybridized carbons (Fsp3) is 0.529. The molecular formula is C17H24N2O2. The Balaban J connectivity index is 2.33. The van der Waals surface area contributed by atoms with E-state index in [2.05, 4.69) is 30.3 Å². The van der Waals surface area contributed by atoms with E-state index in [4.69, 9.17) is 0 Å². The third-order valence-electron chi connectivity index (χ3n) is 3.97. The summed E-state index contributed by atoms with van der Waals surface area (Å²) in [6.07, 6.45) is 3.48. The molecule has 114 valence electrons. The van der Waals surface area contributed by atoms with Crippen molar-refractivity contribution in [3.05, 3.63) is 29.6 Å². The van der Waals surface area contributed by atoms with Gasteiger partial charge in [0.15, 0.2) is 0 Å². The molecule has 4 nitrogen and oxygen atoms in total. The minimum absolute atomic E-state index is 0.281. The Morgan fingerprint density at radius 3 is 2.62 bits per heavy atom. The van der Waals surface area contributed by atoms with Crippen LogP contribution in [0.5, 0.6) is 0 Å². The molecule has 0 aliphatic rings. The summed E-state index contributed by atoms with van der Waals surface area (Å²) >= 11 is 0. The molecule has 0 saturated heterocycles. The van der Waals surface area contributed by atoms with Crippen LogP contribution in [-0.4, -0.2) is 20.6 Å². The van der Waals surface area contributed by atoms with Crippen LogP contribution in [0.2, 0.25) is 0 Å². The number of imidazole rings is 1. The smallest absolute Gasteiger partial charge is 0.337 e. The van der Waals surface area contributed by atoms with E-state index in [-0.39, 0.29) is 5.56 Å². The average Bonchev–Trinajstić information content (AvgIpc) is 2.73. The molecule has 1 N–H and O–H groups in total. The normalized spacial score (nSPS) is 13.0. The Hall–Kier alpha value is -1.84. The summed E-state index contributed by atoms with van der Waals surface area (Å²) in [5.41, 5.74) is 1.80. The molecular weight excluding hydrogens is 264 g/mol. The third-order valence-corrected chi connectivity index (χ3v) is 3.97. The van der Waals surface area contributed by atoms with Gasteiger partial charge < -0.3 is 9.67 Å². The first-order valence-corrected chi connectivity index (χ1v) is 7.62. The fourth-order valence-corrected chi connectivity index (χ4v) is 2.91. The second-order valence-corrected chi connectivity index (χ2v) is 6.18. The molecule has 1 heterocycles. The quantitative estimate of drug-likeness (QED) is 0.855. The summed E-state index contributed by atoms with van der Waals surface area (Å²) in [7, 11) is 0. The maximum Gasteiger partial charge on any atom is 0.337 e. The Morgan fingerprint density at radius 2 is 2.00 bits per heavy atom. The highest BCUT2D eigenvalue weighted by Gasteiger charge is 2.17. The van der Waals surface area contributed by atoms with Crippen LogP contribution in [-0.2, 0) is 0 Å². The van der Waals surface area contributed by atoms with Gasteiger partial charge in [-0.25, -0.2) is 9.78 Å². The lowest BCUT2D eigenvalue weighted by Gasteiger charge is -2.17. The SMILES string of the molecule is Cc1nc2c(C(=O)O)cccc2n1C(C)CCCC(C)C. The van der Waals surface area contributed by atoms with Crippen LogP contribution in [0.1, 0.15) is 62.3 Å². The second kappa shape index (κ2) is 6.29. The third kappa shape index (κ3) is 3.26. The molecule has 0 saturated carbocycles. The summed E-state index contributed by atoms with van der Waals surface area (Å²) in [5, 5.41) is 9.27. The minimum atomic E-state index is -0.919. The number of hydrogen-bond donors (Lipinski definition) is 1. The van der Waals surface area contributed by atoms with Gasteiger partial charge in [-0.05, 0) is 38.3 Å². The van der Waals surface area contributed by atoms with Crippen LogP contribution in [0.3, 0.4) is 0 Å². The molecule has 0 bridgehead atoms. The maximum atomic E-state index is 11.3. The molecule has 2 rings (SSSR count). The second-order valence-electron chi connectivity index (χ2n) is 6.18. The zero-order valence-corrected chi connectivity index (χ0v) is 13.3. The number of aromatic carboxylic acids is 1. The molecule has 0 radical (unpaired) electrons. The van der Waals surface area contributed by atoms with Crippen molar-refractivity contribution in [1.82, 2.24) is 9.55 Å². The van der Waals surface area contributed by atoms with Crippen LogP contribution < -0.4 is 0 Å². The van der Waals surface area contributed by atoms with Gasteiger partial charge in [-0.1, -0.05) is 32.8 Å². The first-order valence-electron chi connectivity index (χ1n) is 7.62. The minimum Gasteiger partial charge on any atom is -0.478 e. The van der Waals surface area contributed by atoms with E-state index in [0.29, 0.717) is 11.6 Å². The Kier molecular flexibility index (Phi) is 4.66. The lowest BCUT2D eigenvalue weighted by molar-refractivity contribution is 0.0699.